The summed E-state index contributed by atoms with van der Waals surface area (Å²) in [6, 6.07) is 0.546. The van der Waals surface area contributed by atoms with Crippen molar-refractivity contribution in [2.24, 2.45) is 11.8 Å². The molecule has 0 amide bonds. The minimum absolute atomic E-state index is 0.200. The second kappa shape index (κ2) is 5.64. The number of carboxylic acid groups (broad SMARTS) is 1. The summed E-state index contributed by atoms with van der Waals surface area (Å²) in [4.78, 5) is 11.2. The Labute approximate surface area is 96.4 Å². The van der Waals surface area contributed by atoms with Gasteiger partial charge in [-0.25, -0.2) is 0 Å². The molecular formula is C12H21NO3. The van der Waals surface area contributed by atoms with E-state index >= 15 is 0 Å². The highest BCUT2D eigenvalue weighted by Crippen LogP contribution is 2.23. The van der Waals surface area contributed by atoms with E-state index < -0.39 is 5.97 Å². The Bertz CT molecular complexity index is 232. The Morgan fingerprint density at radius 2 is 2.12 bits per heavy atom. The van der Waals surface area contributed by atoms with Crippen LogP contribution in [0.25, 0.3) is 0 Å². The van der Waals surface area contributed by atoms with Crippen LogP contribution in [0.5, 0.6) is 0 Å². The first-order chi connectivity index (χ1) is 7.77. The van der Waals surface area contributed by atoms with E-state index in [4.69, 9.17) is 4.74 Å². The van der Waals surface area contributed by atoms with Crippen molar-refractivity contribution in [1.82, 2.24) is 5.32 Å². The summed E-state index contributed by atoms with van der Waals surface area (Å²) in [5.74, 6) is -0.754. The fourth-order valence-corrected chi connectivity index (χ4v) is 2.75. The molecule has 0 aromatic rings. The molecule has 2 rings (SSSR count). The van der Waals surface area contributed by atoms with E-state index in [1.54, 1.807) is 0 Å². The van der Waals surface area contributed by atoms with Gasteiger partial charge in [0.2, 0.25) is 0 Å². The molecule has 1 heterocycles. The summed E-state index contributed by atoms with van der Waals surface area (Å²) in [6.07, 6.45) is 5.86. The molecule has 4 nitrogen and oxygen atoms in total. The second-order valence-corrected chi connectivity index (χ2v) is 4.96. The molecule has 2 N–H and O–H groups in total. The van der Waals surface area contributed by atoms with Gasteiger partial charge >= 0.3 is 5.97 Å². The number of hydrogen-bond donors (Lipinski definition) is 2. The Hall–Kier alpha value is -0.610. The smallest absolute Gasteiger partial charge is 0.308 e. The fraction of sp³-hybridized carbons (Fsp3) is 0.917. The molecule has 4 heteroatoms. The van der Waals surface area contributed by atoms with Crippen LogP contribution in [-0.2, 0) is 9.53 Å². The first-order valence-electron chi connectivity index (χ1n) is 6.31. The SMILES string of the molecule is O=C(O)C(CNC1CCCC1)C1CCOC1. The maximum absolute atomic E-state index is 11.2. The van der Waals surface area contributed by atoms with E-state index in [0.717, 1.165) is 13.0 Å². The Kier molecular flexibility index (Phi) is 4.18. The van der Waals surface area contributed by atoms with Crippen LogP contribution in [0.3, 0.4) is 0 Å². The zero-order valence-corrected chi connectivity index (χ0v) is 9.65. The first-order valence-corrected chi connectivity index (χ1v) is 6.31. The lowest BCUT2D eigenvalue weighted by Gasteiger charge is -2.21. The lowest BCUT2D eigenvalue weighted by molar-refractivity contribution is -0.143. The Morgan fingerprint density at radius 1 is 1.38 bits per heavy atom. The summed E-state index contributed by atoms with van der Waals surface area (Å²) in [5, 5.41) is 12.6. The summed E-state index contributed by atoms with van der Waals surface area (Å²) >= 11 is 0. The van der Waals surface area contributed by atoms with Gasteiger partial charge in [-0.1, -0.05) is 12.8 Å². The lowest BCUT2D eigenvalue weighted by atomic mass is 9.91. The number of nitrogens with one attached hydrogen (secondary N) is 1. The highest BCUT2D eigenvalue weighted by atomic mass is 16.5. The highest BCUT2D eigenvalue weighted by molar-refractivity contribution is 5.70. The van der Waals surface area contributed by atoms with E-state index in [1.807, 2.05) is 0 Å². The molecule has 1 saturated carbocycles. The first kappa shape index (κ1) is 11.9. The minimum atomic E-state index is -0.680. The molecule has 0 bridgehead atoms. The van der Waals surface area contributed by atoms with Crippen LogP contribution in [-0.4, -0.2) is 36.9 Å². The fourth-order valence-electron chi connectivity index (χ4n) is 2.75. The summed E-state index contributed by atoms with van der Waals surface area (Å²) < 4.78 is 5.27. The number of rotatable bonds is 5. The van der Waals surface area contributed by atoms with Gasteiger partial charge in [0, 0.05) is 19.2 Å². The van der Waals surface area contributed by atoms with Crippen LogP contribution in [0.2, 0.25) is 0 Å². The number of ether oxygens (including phenoxy) is 1. The average Bonchev–Trinajstić information content (AvgIpc) is 2.88. The van der Waals surface area contributed by atoms with Crippen LogP contribution in [0.15, 0.2) is 0 Å². The van der Waals surface area contributed by atoms with E-state index in [0.29, 0.717) is 19.2 Å². The molecule has 0 aromatic heterocycles. The zero-order valence-electron chi connectivity index (χ0n) is 9.65. The molecular weight excluding hydrogens is 206 g/mol. The predicted molar refractivity (Wildman–Crippen MR) is 60.3 cm³/mol. The van der Waals surface area contributed by atoms with Crippen molar-refractivity contribution in [3.05, 3.63) is 0 Å². The third-order valence-corrected chi connectivity index (χ3v) is 3.83. The van der Waals surface area contributed by atoms with Crippen LogP contribution < -0.4 is 5.32 Å². The van der Waals surface area contributed by atoms with Crippen molar-refractivity contribution in [3.63, 3.8) is 0 Å². The van der Waals surface area contributed by atoms with Gasteiger partial charge in [0.25, 0.3) is 0 Å². The standard InChI is InChI=1S/C12H21NO3/c14-12(15)11(9-5-6-16-8-9)7-13-10-3-1-2-4-10/h9-11,13H,1-8H2,(H,14,15). The number of carboxylic acids is 1. The van der Waals surface area contributed by atoms with Crippen molar-refractivity contribution >= 4 is 5.97 Å². The number of carbonyl (C=O) groups is 1. The monoisotopic (exact) mass is 227 g/mol. The lowest BCUT2D eigenvalue weighted by Crippen LogP contribution is -2.38. The molecule has 1 aliphatic carbocycles. The van der Waals surface area contributed by atoms with Crippen molar-refractivity contribution in [2.75, 3.05) is 19.8 Å². The van der Waals surface area contributed by atoms with Gasteiger partial charge in [0.15, 0.2) is 0 Å². The molecule has 1 saturated heterocycles. The van der Waals surface area contributed by atoms with Gasteiger partial charge in [-0.2, -0.15) is 0 Å². The van der Waals surface area contributed by atoms with Gasteiger partial charge in [-0.05, 0) is 25.2 Å². The van der Waals surface area contributed by atoms with Gasteiger partial charge in [-0.3, -0.25) is 4.79 Å². The Balaban J connectivity index is 1.79. The minimum Gasteiger partial charge on any atom is -0.481 e. The van der Waals surface area contributed by atoms with Gasteiger partial charge in [-0.15, -0.1) is 0 Å². The maximum atomic E-state index is 11.2. The van der Waals surface area contributed by atoms with Crippen LogP contribution >= 0.6 is 0 Å². The summed E-state index contributed by atoms with van der Waals surface area (Å²) in [6.45, 7) is 1.94. The molecule has 0 spiro atoms. The molecule has 2 fully saturated rings. The summed E-state index contributed by atoms with van der Waals surface area (Å²) in [5.41, 5.74) is 0. The van der Waals surface area contributed by atoms with E-state index in [9.17, 15) is 9.90 Å². The van der Waals surface area contributed by atoms with E-state index in [1.165, 1.54) is 25.7 Å². The van der Waals surface area contributed by atoms with Crippen LogP contribution in [0, 0.1) is 11.8 Å². The molecule has 0 radical (unpaired) electrons. The van der Waals surface area contributed by atoms with Crippen molar-refractivity contribution in [1.29, 1.82) is 0 Å². The number of aliphatic carboxylic acids is 1. The van der Waals surface area contributed by atoms with Gasteiger partial charge in [0.05, 0.1) is 12.5 Å². The van der Waals surface area contributed by atoms with Gasteiger partial charge < -0.3 is 15.2 Å². The highest BCUT2D eigenvalue weighted by Gasteiger charge is 2.31. The quantitative estimate of drug-likeness (QED) is 0.742. The molecule has 2 unspecified atom stereocenters. The van der Waals surface area contributed by atoms with Crippen molar-refractivity contribution in [3.8, 4) is 0 Å². The third-order valence-electron chi connectivity index (χ3n) is 3.83. The topological polar surface area (TPSA) is 58.6 Å². The number of hydrogen-bond acceptors (Lipinski definition) is 3. The van der Waals surface area contributed by atoms with Crippen molar-refractivity contribution in [2.45, 2.75) is 38.1 Å². The zero-order chi connectivity index (χ0) is 11.4. The predicted octanol–water partition coefficient (Wildman–Crippen LogP) is 1.26. The summed E-state index contributed by atoms with van der Waals surface area (Å²) in [7, 11) is 0. The third kappa shape index (κ3) is 2.95. The van der Waals surface area contributed by atoms with Gasteiger partial charge in [0.1, 0.15) is 0 Å². The maximum Gasteiger partial charge on any atom is 0.308 e. The van der Waals surface area contributed by atoms with Crippen LogP contribution in [0.1, 0.15) is 32.1 Å². The van der Waals surface area contributed by atoms with Crippen LogP contribution in [0.4, 0.5) is 0 Å². The molecule has 1 aliphatic heterocycles. The largest absolute Gasteiger partial charge is 0.481 e. The second-order valence-electron chi connectivity index (χ2n) is 4.96. The molecule has 2 atom stereocenters. The average molecular weight is 227 g/mol. The molecule has 92 valence electrons. The van der Waals surface area contributed by atoms with Crippen molar-refractivity contribution < 1.29 is 14.6 Å². The Morgan fingerprint density at radius 3 is 2.69 bits per heavy atom. The normalized spacial score (nSPS) is 28.4. The molecule has 0 aromatic carbocycles. The molecule has 16 heavy (non-hydrogen) atoms. The molecule has 2 aliphatic rings. The van der Waals surface area contributed by atoms with E-state index in [2.05, 4.69) is 5.32 Å². The van der Waals surface area contributed by atoms with E-state index in [-0.39, 0.29) is 11.8 Å².